The van der Waals surface area contributed by atoms with Crippen LogP contribution >= 0.6 is 0 Å². The van der Waals surface area contributed by atoms with E-state index in [-0.39, 0.29) is 5.91 Å². The molecule has 6 heteroatoms. The minimum atomic E-state index is 0.0696. The van der Waals surface area contributed by atoms with Gasteiger partial charge in [0.05, 0.1) is 0 Å². The SMILES string of the molecule is CCn1nc(COc2cc(C)ccn2)c2c1CCN(C(=O)c1ccc(C)c(C)c1)C2. The van der Waals surface area contributed by atoms with Crippen molar-refractivity contribution in [2.75, 3.05) is 6.54 Å². The molecule has 0 radical (unpaired) electrons. The first-order valence-corrected chi connectivity index (χ1v) is 10.5. The second-order valence-corrected chi connectivity index (χ2v) is 7.92. The predicted octanol–water partition coefficient (Wildman–Crippen LogP) is 4.00. The number of carbonyl (C=O) groups is 1. The van der Waals surface area contributed by atoms with E-state index in [1.54, 1.807) is 6.20 Å². The minimum absolute atomic E-state index is 0.0696. The fourth-order valence-electron chi connectivity index (χ4n) is 3.90. The van der Waals surface area contributed by atoms with Gasteiger partial charge in [0.25, 0.3) is 5.91 Å². The van der Waals surface area contributed by atoms with Crippen LogP contribution in [0, 0.1) is 20.8 Å². The number of ether oxygens (including phenoxy) is 1. The molecular formula is C24H28N4O2. The summed E-state index contributed by atoms with van der Waals surface area (Å²) in [6, 6.07) is 9.77. The molecule has 2 aromatic heterocycles. The molecule has 156 valence electrons. The Hall–Kier alpha value is -3.15. The molecule has 0 N–H and O–H groups in total. The van der Waals surface area contributed by atoms with Crippen LogP contribution in [-0.2, 0) is 26.1 Å². The Morgan fingerprint density at radius 1 is 1.13 bits per heavy atom. The van der Waals surface area contributed by atoms with Crippen molar-refractivity contribution in [1.29, 1.82) is 0 Å². The standard InChI is InChI=1S/C24H28N4O2/c1-5-28-22-9-11-27(24(29)19-7-6-17(3)18(4)13-19)14-20(22)21(26-28)15-30-23-12-16(2)8-10-25-23/h6-8,10,12-13H,5,9,11,14-15H2,1-4H3. The highest BCUT2D eigenvalue weighted by Gasteiger charge is 2.28. The molecule has 30 heavy (non-hydrogen) atoms. The smallest absolute Gasteiger partial charge is 0.254 e. The molecule has 3 heterocycles. The van der Waals surface area contributed by atoms with E-state index in [0.717, 1.165) is 40.9 Å². The molecule has 0 unspecified atom stereocenters. The summed E-state index contributed by atoms with van der Waals surface area (Å²) < 4.78 is 7.95. The quantitative estimate of drug-likeness (QED) is 0.645. The normalized spacial score (nSPS) is 13.3. The number of fused-ring (bicyclic) bond motifs is 1. The van der Waals surface area contributed by atoms with Crippen molar-refractivity contribution in [3.63, 3.8) is 0 Å². The molecule has 6 nitrogen and oxygen atoms in total. The molecule has 0 bridgehead atoms. The van der Waals surface area contributed by atoms with Crippen molar-refractivity contribution in [3.8, 4) is 5.88 Å². The van der Waals surface area contributed by atoms with Crippen LogP contribution < -0.4 is 4.74 Å². The van der Waals surface area contributed by atoms with Crippen LogP contribution in [-0.4, -0.2) is 32.1 Å². The van der Waals surface area contributed by atoms with Crippen LogP contribution in [0.4, 0.5) is 0 Å². The minimum Gasteiger partial charge on any atom is -0.471 e. The van der Waals surface area contributed by atoms with Crippen molar-refractivity contribution in [2.24, 2.45) is 0 Å². The summed E-state index contributed by atoms with van der Waals surface area (Å²) in [6.07, 6.45) is 2.55. The van der Waals surface area contributed by atoms with Crippen molar-refractivity contribution >= 4 is 5.91 Å². The van der Waals surface area contributed by atoms with Gasteiger partial charge in [-0.15, -0.1) is 0 Å². The first kappa shape index (κ1) is 20.1. The third-order valence-corrected chi connectivity index (χ3v) is 5.80. The average Bonchev–Trinajstić information content (AvgIpc) is 3.11. The maximum absolute atomic E-state index is 13.1. The lowest BCUT2D eigenvalue weighted by atomic mass is 10.0. The largest absolute Gasteiger partial charge is 0.471 e. The highest BCUT2D eigenvalue weighted by atomic mass is 16.5. The predicted molar refractivity (Wildman–Crippen MR) is 116 cm³/mol. The monoisotopic (exact) mass is 404 g/mol. The van der Waals surface area contributed by atoms with E-state index in [1.165, 1.54) is 11.3 Å². The molecule has 0 atom stereocenters. The topological polar surface area (TPSA) is 60.2 Å². The third-order valence-electron chi connectivity index (χ3n) is 5.80. The van der Waals surface area contributed by atoms with Gasteiger partial charge in [-0.05, 0) is 62.6 Å². The molecule has 1 aromatic carbocycles. The van der Waals surface area contributed by atoms with Gasteiger partial charge in [-0.25, -0.2) is 4.98 Å². The van der Waals surface area contributed by atoms with Crippen molar-refractivity contribution < 1.29 is 9.53 Å². The van der Waals surface area contributed by atoms with Crippen LogP contribution in [0.1, 0.15) is 50.9 Å². The van der Waals surface area contributed by atoms with Crippen LogP contribution in [0.3, 0.4) is 0 Å². The van der Waals surface area contributed by atoms with E-state index in [4.69, 9.17) is 9.84 Å². The number of aryl methyl sites for hydroxylation is 4. The second-order valence-electron chi connectivity index (χ2n) is 7.92. The van der Waals surface area contributed by atoms with Crippen LogP contribution in [0.2, 0.25) is 0 Å². The molecule has 0 saturated carbocycles. The number of aromatic nitrogens is 3. The zero-order valence-corrected chi connectivity index (χ0v) is 18.1. The number of amides is 1. The first-order valence-electron chi connectivity index (χ1n) is 10.5. The summed E-state index contributed by atoms with van der Waals surface area (Å²) in [6.45, 7) is 10.6. The van der Waals surface area contributed by atoms with E-state index < -0.39 is 0 Å². The lowest BCUT2D eigenvalue weighted by molar-refractivity contribution is 0.0732. The summed E-state index contributed by atoms with van der Waals surface area (Å²) >= 11 is 0. The molecule has 4 rings (SSSR count). The Bertz CT molecular complexity index is 1090. The van der Waals surface area contributed by atoms with E-state index >= 15 is 0 Å². The summed E-state index contributed by atoms with van der Waals surface area (Å²) in [7, 11) is 0. The summed E-state index contributed by atoms with van der Waals surface area (Å²) in [5, 5.41) is 4.77. The van der Waals surface area contributed by atoms with Gasteiger partial charge in [0.1, 0.15) is 12.3 Å². The number of benzene rings is 1. The number of hydrogen-bond acceptors (Lipinski definition) is 4. The Morgan fingerprint density at radius 2 is 1.97 bits per heavy atom. The van der Waals surface area contributed by atoms with Gasteiger partial charge in [0, 0.05) is 55.1 Å². The van der Waals surface area contributed by atoms with Gasteiger partial charge in [-0.1, -0.05) is 6.07 Å². The summed E-state index contributed by atoms with van der Waals surface area (Å²) in [5.74, 6) is 0.661. The Labute approximate surface area is 177 Å². The van der Waals surface area contributed by atoms with Gasteiger partial charge in [0.2, 0.25) is 5.88 Å². The van der Waals surface area contributed by atoms with Crippen LogP contribution in [0.25, 0.3) is 0 Å². The van der Waals surface area contributed by atoms with Crippen LogP contribution in [0.5, 0.6) is 5.88 Å². The maximum Gasteiger partial charge on any atom is 0.254 e. The number of pyridine rings is 1. The molecular weight excluding hydrogens is 376 g/mol. The molecule has 0 fully saturated rings. The van der Waals surface area contributed by atoms with Gasteiger partial charge < -0.3 is 9.64 Å². The summed E-state index contributed by atoms with van der Waals surface area (Å²) in [4.78, 5) is 19.3. The molecule has 1 aliphatic heterocycles. The molecule has 3 aromatic rings. The number of carbonyl (C=O) groups excluding carboxylic acids is 1. The van der Waals surface area contributed by atoms with Gasteiger partial charge in [0.15, 0.2) is 0 Å². The first-order chi connectivity index (χ1) is 14.5. The second kappa shape index (κ2) is 8.30. The van der Waals surface area contributed by atoms with E-state index in [9.17, 15) is 4.79 Å². The lowest BCUT2D eigenvalue weighted by Gasteiger charge is -2.28. The Kier molecular flexibility index (Phi) is 5.57. The van der Waals surface area contributed by atoms with E-state index in [2.05, 4.69) is 18.8 Å². The number of rotatable bonds is 5. The van der Waals surface area contributed by atoms with Crippen LogP contribution in [0.15, 0.2) is 36.5 Å². The molecule has 1 aliphatic rings. The fourth-order valence-corrected chi connectivity index (χ4v) is 3.90. The number of nitrogens with zero attached hydrogens (tertiary/aromatic N) is 4. The lowest BCUT2D eigenvalue weighted by Crippen LogP contribution is -2.36. The molecule has 0 spiro atoms. The fraction of sp³-hybridized carbons (Fsp3) is 0.375. The molecule has 0 saturated heterocycles. The zero-order chi connectivity index (χ0) is 21.3. The molecule has 1 amide bonds. The highest BCUT2D eigenvalue weighted by Crippen LogP contribution is 2.25. The third kappa shape index (κ3) is 3.95. The van der Waals surface area contributed by atoms with Gasteiger partial charge in [-0.2, -0.15) is 5.10 Å². The maximum atomic E-state index is 13.1. The average molecular weight is 405 g/mol. The van der Waals surface area contributed by atoms with E-state index in [1.807, 2.05) is 53.8 Å². The highest BCUT2D eigenvalue weighted by molar-refractivity contribution is 5.94. The van der Waals surface area contributed by atoms with Gasteiger partial charge >= 0.3 is 0 Å². The van der Waals surface area contributed by atoms with E-state index in [0.29, 0.717) is 25.6 Å². The summed E-state index contributed by atoms with van der Waals surface area (Å²) in [5.41, 5.74) is 7.37. The zero-order valence-electron chi connectivity index (χ0n) is 18.1. The van der Waals surface area contributed by atoms with Crippen molar-refractivity contribution in [2.45, 2.75) is 53.8 Å². The molecule has 0 aliphatic carbocycles. The van der Waals surface area contributed by atoms with Crippen molar-refractivity contribution in [1.82, 2.24) is 19.7 Å². The van der Waals surface area contributed by atoms with Gasteiger partial charge in [-0.3, -0.25) is 9.48 Å². The Morgan fingerprint density at radius 3 is 2.70 bits per heavy atom. The Balaban J connectivity index is 1.56. The number of hydrogen-bond donors (Lipinski definition) is 0. The van der Waals surface area contributed by atoms with Crippen molar-refractivity contribution in [3.05, 3.63) is 75.7 Å².